The van der Waals surface area contributed by atoms with E-state index in [1.54, 1.807) is 0 Å². The summed E-state index contributed by atoms with van der Waals surface area (Å²) in [5.41, 5.74) is 0.285. The minimum Gasteiger partial charge on any atom is -0.481 e. The van der Waals surface area contributed by atoms with Gasteiger partial charge in [0, 0.05) is 7.05 Å². The number of hydrogen-bond acceptors (Lipinski definition) is 4. The zero-order valence-electron chi connectivity index (χ0n) is 9.01. The first kappa shape index (κ1) is 11.3. The third-order valence-corrected chi connectivity index (χ3v) is 2.34. The number of halogens is 1. The number of ether oxygens (including phenoxy) is 1. The maximum Gasteiger partial charge on any atom is 0.269 e. The molecule has 17 heavy (non-hydrogen) atoms. The van der Waals surface area contributed by atoms with E-state index in [4.69, 9.17) is 4.74 Å². The van der Waals surface area contributed by atoms with Gasteiger partial charge in [-0.05, 0) is 12.1 Å². The number of carbonyl (C=O) groups is 1. The summed E-state index contributed by atoms with van der Waals surface area (Å²) >= 11 is 0. The van der Waals surface area contributed by atoms with Crippen molar-refractivity contribution in [2.24, 2.45) is 7.05 Å². The minimum absolute atomic E-state index is 0.137. The zero-order chi connectivity index (χ0) is 12.4. The molecule has 6 heteroatoms. The molecule has 0 spiro atoms. The number of aryl methyl sites for hydroxylation is 1. The van der Waals surface area contributed by atoms with Gasteiger partial charge in [0.15, 0.2) is 17.9 Å². The lowest BCUT2D eigenvalue weighted by Crippen LogP contribution is -2.18. The Hall–Kier alpha value is -2.24. The molecule has 0 radical (unpaired) electrons. The van der Waals surface area contributed by atoms with Crippen LogP contribution in [0.15, 0.2) is 23.1 Å². The van der Waals surface area contributed by atoms with Gasteiger partial charge < -0.3 is 9.30 Å². The smallest absolute Gasteiger partial charge is 0.269 e. The van der Waals surface area contributed by atoms with Crippen molar-refractivity contribution in [3.8, 4) is 5.75 Å². The minimum atomic E-state index is -0.637. The fourth-order valence-electron chi connectivity index (χ4n) is 1.54. The quantitative estimate of drug-likeness (QED) is 0.734. The number of nitrogens with zero attached hydrogens (tertiary/aromatic N) is 2. The summed E-state index contributed by atoms with van der Waals surface area (Å²) in [5.74, 6) is -0.773. The van der Waals surface area contributed by atoms with Gasteiger partial charge in [-0.1, -0.05) is 0 Å². The molecule has 0 unspecified atom stereocenters. The van der Waals surface area contributed by atoms with E-state index in [2.05, 4.69) is 4.98 Å². The predicted octanol–water partition coefficient (Wildman–Crippen LogP) is 0.650. The van der Waals surface area contributed by atoms with E-state index in [1.165, 1.54) is 23.7 Å². The van der Waals surface area contributed by atoms with Crippen LogP contribution in [0.5, 0.6) is 5.75 Å². The van der Waals surface area contributed by atoms with E-state index >= 15 is 0 Å². The number of aldehydes is 1. The van der Waals surface area contributed by atoms with Gasteiger partial charge >= 0.3 is 0 Å². The molecule has 0 aliphatic heterocycles. The molecular weight excluding hydrogens is 227 g/mol. The SMILES string of the molecule is Cn1c(=O)cnc2ccc(F)c(OCC=O)c21. The highest BCUT2D eigenvalue weighted by molar-refractivity contribution is 5.81. The van der Waals surface area contributed by atoms with Crippen LogP contribution in [0.3, 0.4) is 0 Å². The van der Waals surface area contributed by atoms with Crippen LogP contribution in [0.25, 0.3) is 11.0 Å². The normalized spacial score (nSPS) is 10.5. The molecule has 5 nitrogen and oxygen atoms in total. The number of carbonyl (C=O) groups excluding carboxylic acids is 1. The standard InChI is InChI=1S/C11H9FN2O3/c1-14-9(16)6-13-8-3-2-7(12)11(10(8)14)17-5-4-15/h2-4,6H,5H2,1H3. The monoisotopic (exact) mass is 236 g/mol. The molecule has 0 aliphatic rings. The van der Waals surface area contributed by atoms with Crippen LogP contribution in [-0.2, 0) is 11.8 Å². The molecule has 88 valence electrons. The lowest BCUT2D eigenvalue weighted by atomic mass is 10.2. The Labute approximate surface area is 95.5 Å². The first-order valence-electron chi connectivity index (χ1n) is 4.86. The summed E-state index contributed by atoms with van der Waals surface area (Å²) in [6, 6.07) is 2.62. The molecule has 0 amide bonds. The molecule has 0 atom stereocenters. The van der Waals surface area contributed by atoms with Gasteiger partial charge in [0.05, 0.1) is 11.7 Å². The molecule has 0 saturated carbocycles. The fraction of sp³-hybridized carbons (Fsp3) is 0.182. The largest absolute Gasteiger partial charge is 0.481 e. The molecule has 0 N–H and O–H groups in total. The molecule has 1 aromatic carbocycles. The second kappa shape index (κ2) is 4.32. The second-order valence-electron chi connectivity index (χ2n) is 3.38. The molecule has 0 saturated heterocycles. The van der Waals surface area contributed by atoms with E-state index in [-0.39, 0.29) is 23.4 Å². The highest BCUT2D eigenvalue weighted by Crippen LogP contribution is 2.26. The van der Waals surface area contributed by atoms with Crippen LogP contribution < -0.4 is 10.3 Å². The van der Waals surface area contributed by atoms with Gasteiger partial charge in [-0.3, -0.25) is 9.59 Å². The summed E-state index contributed by atoms with van der Waals surface area (Å²) < 4.78 is 19.8. The van der Waals surface area contributed by atoms with Crippen LogP contribution in [0.1, 0.15) is 0 Å². The Balaban J connectivity index is 2.78. The Morgan fingerprint density at radius 2 is 2.29 bits per heavy atom. The van der Waals surface area contributed by atoms with Crippen molar-refractivity contribution in [1.82, 2.24) is 9.55 Å². The third-order valence-electron chi connectivity index (χ3n) is 2.34. The van der Waals surface area contributed by atoms with Crippen molar-refractivity contribution < 1.29 is 13.9 Å². The molecule has 0 fully saturated rings. The summed E-state index contributed by atoms with van der Waals surface area (Å²) in [7, 11) is 1.49. The zero-order valence-corrected chi connectivity index (χ0v) is 9.01. The number of aromatic nitrogens is 2. The number of fused-ring (bicyclic) bond motifs is 1. The first-order valence-corrected chi connectivity index (χ1v) is 4.86. The van der Waals surface area contributed by atoms with Gasteiger partial charge in [0.1, 0.15) is 12.1 Å². The summed E-state index contributed by atoms with van der Waals surface area (Å²) in [4.78, 5) is 25.6. The van der Waals surface area contributed by atoms with Crippen molar-refractivity contribution in [3.05, 3.63) is 34.5 Å². The van der Waals surface area contributed by atoms with Crippen LogP contribution in [-0.4, -0.2) is 22.4 Å². The van der Waals surface area contributed by atoms with Gasteiger partial charge in [-0.25, -0.2) is 9.37 Å². The van der Waals surface area contributed by atoms with Gasteiger partial charge in [0.25, 0.3) is 5.56 Å². The Kier molecular flexibility index (Phi) is 2.86. The number of hydrogen-bond donors (Lipinski definition) is 0. The average Bonchev–Trinajstić information content (AvgIpc) is 2.33. The highest BCUT2D eigenvalue weighted by Gasteiger charge is 2.13. The van der Waals surface area contributed by atoms with E-state index < -0.39 is 5.82 Å². The molecule has 1 aromatic heterocycles. The molecular formula is C11H9FN2O3. The number of benzene rings is 1. The molecule has 2 aromatic rings. The summed E-state index contributed by atoms with van der Waals surface area (Å²) in [6.07, 6.45) is 1.65. The third kappa shape index (κ3) is 1.89. The molecule has 0 aliphatic carbocycles. The average molecular weight is 236 g/mol. The van der Waals surface area contributed by atoms with E-state index in [0.717, 1.165) is 6.20 Å². The van der Waals surface area contributed by atoms with E-state index in [1.807, 2.05) is 0 Å². The van der Waals surface area contributed by atoms with Crippen molar-refractivity contribution in [3.63, 3.8) is 0 Å². The lowest BCUT2D eigenvalue weighted by molar-refractivity contribution is -0.109. The van der Waals surface area contributed by atoms with Crippen LogP contribution in [0.4, 0.5) is 4.39 Å². The van der Waals surface area contributed by atoms with E-state index in [0.29, 0.717) is 11.8 Å². The predicted molar refractivity (Wildman–Crippen MR) is 58.5 cm³/mol. The summed E-state index contributed by atoms with van der Waals surface area (Å²) in [6.45, 7) is -0.279. The van der Waals surface area contributed by atoms with Crippen molar-refractivity contribution in [2.45, 2.75) is 0 Å². The highest BCUT2D eigenvalue weighted by atomic mass is 19.1. The van der Waals surface area contributed by atoms with Crippen molar-refractivity contribution in [2.75, 3.05) is 6.61 Å². The maximum absolute atomic E-state index is 13.6. The second-order valence-corrected chi connectivity index (χ2v) is 3.38. The Morgan fingerprint density at radius 3 is 3.00 bits per heavy atom. The maximum atomic E-state index is 13.6. The Morgan fingerprint density at radius 1 is 1.53 bits per heavy atom. The van der Waals surface area contributed by atoms with Gasteiger partial charge in [-0.15, -0.1) is 0 Å². The molecule has 1 heterocycles. The lowest BCUT2D eigenvalue weighted by Gasteiger charge is -2.10. The van der Waals surface area contributed by atoms with Gasteiger partial charge in [-0.2, -0.15) is 0 Å². The first-order chi connectivity index (χ1) is 8.15. The van der Waals surface area contributed by atoms with Crippen LogP contribution >= 0.6 is 0 Å². The summed E-state index contributed by atoms with van der Waals surface area (Å²) in [5, 5.41) is 0. The fourth-order valence-corrected chi connectivity index (χ4v) is 1.54. The van der Waals surface area contributed by atoms with Crippen molar-refractivity contribution in [1.29, 1.82) is 0 Å². The molecule has 0 bridgehead atoms. The molecule has 2 rings (SSSR count). The van der Waals surface area contributed by atoms with Gasteiger partial charge in [0.2, 0.25) is 0 Å². The van der Waals surface area contributed by atoms with Crippen molar-refractivity contribution >= 4 is 17.3 Å². The topological polar surface area (TPSA) is 61.2 Å². The number of rotatable bonds is 3. The van der Waals surface area contributed by atoms with Crippen LogP contribution in [0.2, 0.25) is 0 Å². The Bertz CT molecular complexity index is 636. The van der Waals surface area contributed by atoms with E-state index in [9.17, 15) is 14.0 Å². The van der Waals surface area contributed by atoms with Crippen LogP contribution in [0, 0.1) is 5.82 Å².